The Morgan fingerprint density at radius 1 is 1.21 bits per heavy atom. The van der Waals surface area contributed by atoms with Gasteiger partial charge in [0.2, 0.25) is 0 Å². The molecule has 1 atom stereocenters. The molecular weight excluding hydrogens is 403 g/mol. The van der Waals surface area contributed by atoms with Crippen molar-refractivity contribution in [2.24, 2.45) is 4.99 Å². The molecule has 29 heavy (non-hydrogen) atoms. The molecule has 3 aromatic heterocycles. The molecule has 4 heterocycles. The number of nitrogens with zero attached hydrogens (tertiary/aromatic N) is 1. The minimum atomic E-state index is -4.70. The van der Waals surface area contributed by atoms with E-state index in [1.807, 2.05) is 26.0 Å². The molecule has 0 bridgehead atoms. The van der Waals surface area contributed by atoms with Crippen molar-refractivity contribution >= 4 is 29.2 Å². The zero-order valence-electron chi connectivity index (χ0n) is 15.8. The highest BCUT2D eigenvalue weighted by molar-refractivity contribution is 7.10. The Labute approximate surface area is 167 Å². The van der Waals surface area contributed by atoms with Crippen LogP contribution in [0.2, 0.25) is 0 Å². The van der Waals surface area contributed by atoms with Crippen LogP contribution in [0.1, 0.15) is 27.9 Å². The van der Waals surface area contributed by atoms with E-state index in [9.17, 15) is 18.3 Å². The van der Waals surface area contributed by atoms with Gasteiger partial charge in [-0.2, -0.15) is 13.2 Å². The highest BCUT2D eigenvalue weighted by Gasteiger charge is 2.40. The van der Waals surface area contributed by atoms with Gasteiger partial charge in [0.15, 0.2) is 6.10 Å². The number of thiophene rings is 1. The van der Waals surface area contributed by atoms with Crippen LogP contribution in [0.3, 0.4) is 0 Å². The summed E-state index contributed by atoms with van der Waals surface area (Å²) in [6, 6.07) is 5.12. The molecule has 0 spiro atoms. The summed E-state index contributed by atoms with van der Waals surface area (Å²) in [6.45, 7) is 3.98. The van der Waals surface area contributed by atoms with Crippen molar-refractivity contribution in [1.29, 1.82) is 0 Å². The molecule has 3 N–H and O–H groups in total. The Kier molecular flexibility index (Phi) is 4.66. The van der Waals surface area contributed by atoms with Gasteiger partial charge in [-0.05, 0) is 43.7 Å². The third-order valence-corrected chi connectivity index (χ3v) is 5.76. The van der Waals surface area contributed by atoms with Gasteiger partial charge in [0.05, 0.1) is 33.4 Å². The van der Waals surface area contributed by atoms with Gasteiger partial charge < -0.3 is 19.8 Å². The number of halogens is 3. The van der Waals surface area contributed by atoms with Crippen LogP contribution >= 0.6 is 11.3 Å². The van der Waals surface area contributed by atoms with Crippen LogP contribution in [-0.4, -0.2) is 28.4 Å². The molecule has 0 fully saturated rings. The third-order valence-electron chi connectivity index (χ3n) is 4.63. The standard InChI is InChI=1S/C20H18F3N3O2S/c1-9-4-10(2)24-11(9)5-14-16(28-3)6-12(25-14)13-7-17-15(26-13)8-18(29-17)19(27)20(21,22)23/h4-8,19,24-25,27H,1-3H3/b13-12-,14-5-. The Morgan fingerprint density at radius 2 is 1.97 bits per heavy atom. The molecular formula is C20H18F3N3O2S. The fraction of sp³-hybridized carbons (Fsp3) is 0.250. The maximum atomic E-state index is 12.7. The molecule has 0 saturated carbocycles. The second-order valence-electron chi connectivity index (χ2n) is 6.84. The summed E-state index contributed by atoms with van der Waals surface area (Å²) in [5.41, 5.74) is 3.70. The van der Waals surface area contributed by atoms with Gasteiger partial charge in [0.1, 0.15) is 5.75 Å². The quantitative estimate of drug-likeness (QED) is 0.602. The van der Waals surface area contributed by atoms with E-state index in [1.54, 1.807) is 19.3 Å². The summed E-state index contributed by atoms with van der Waals surface area (Å²) < 4.78 is 44.2. The number of alkyl halides is 3. The van der Waals surface area contributed by atoms with Gasteiger partial charge in [-0.3, -0.25) is 0 Å². The van der Waals surface area contributed by atoms with E-state index in [-0.39, 0.29) is 4.88 Å². The van der Waals surface area contributed by atoms with Crippen molar-refractivity contribution in [3.05, 3.63) is 60.6 Å². The lowest BCUT2D eigenvalue weighted by atomic mass is 10.2. The summed E-state index contributed by atoms with van der Waals surface area (Å²) in [7, 11) is 1.57. The van der Waals surface area contributed by atoms with Gasteiger partial charge in [-0.15, -0.1) is 11.3 Å². The fourth-order valence-electron chi connectivity index (χ4n) is 3.24. The number of aliphatic hydroxyl groups is 1. The van der Waals surface area contributed by atoms with E-state index >= 15 is 0 Å². The second kappa shape index (κ2) is 6.93. The number of aromatic amines is 2. The van der Waals surface area contributed by atoms with Crippen molar-refractivity contribution in [3.63, 3.8) is 0 Å². The molecule has 4 rings (SSSR count). The number of methoxy groups -OCH3 is 1. The van der Waals surface area contributed by atoms with Gasteiger partial charge in [0, 0.05) is 22.3 Å². The molecule has 0 aromatic carbocycles. The van der Waals surface area contributed by atoms with E-state index in [0.717, 1.165) is 33.6 Å². The van der Waals surface area contributed by atoms with Crippen LogP contribution in [0.4, 0.5) is 13.2 Å². The average Bonchev–Trinajstić information content (AvgIpc) is 3.36. The van der Waals surface area contributed by atoms with Crippen LogP contribution in [0.5, 0.6) is 5.75 Å². The number of fused-ring (bicyclic) bond motifs is 1. The summed E-state index contributed by atoms with van der Waals surface area (Å²) in [6.07, 6.45) is -3.56. The molecule has 3 aromatic rings. The first kappa shape index (κ1) is 19.5. The van der Waals surface area contributed by atoms with Gasteiger partial charge in [0.25, 0.3) is 0 Å². The fourth-order valence-corrected chi connectivity index (χ4v) is 4.28. The first-order valence-electron chi connectivity index (χ1n) is 8.76. The average molecular weight is 421 g/mol. The van der Waals surface area contributed by atoms with Crippen LogP contribution < -0.4 is 25.3 Å². The minimum absolute atomic E-state index is 0.169. The van der Waals surface area contributed by atoms with Crippen LogP contribution in [0.25, 0.3) is 17.8 Å². The summed E-state index contributed by atoms with van der Waals surface area (Å²) >= 11 is 0.881. The van der Waals surface area contributed by atoms with Crippen LogP contribution in [0, 0.1) is 13.8 Å². The number of H-pyrrole nitrogens is 2. The molecule has 1 unspecified atom stereocenters. The molecule has 0 saturated heterocycles. The minimum Gasteiger partial charge on any atom is -0.494 e. The maximum Gasteiger partial charge on any atom is 0.419 e. The number of aryl methyl sites for hydroxylation is 2. The Hall–Kier alpha value is -2.78. The molecule has 0 radical (unpaired) electrons. The number of aliphatic hydroxyl groups excluding tert-OH is 1. The number of nitrogens with one attached hydrogen (secondary N) is 2. The van der Waals surface area contributed by atoms with Gasteiger partial charge in [-0.1, -0.05) is 0 Å². The summed E-state index contributed by atoms with van der Waals surface area (Å²) in [5.74, 6) is 0.631. The monoisotopic (exact) mass is 421 g/mol. The first-order valence-corrected chi connectivity index (χ1v) is 9.57. The predicted molar refractivity (Wildman–Crippen MR) is 104 cm³/mol. The highest BCUT2D eigenvalue weighted by atomic mass is 32.1. The largest absolute Gasteiger partial charge is 0.494 e. The number of rotatable bonds is 3. The Balaban J connectivity index is 1.79. The van der Waals surface area contributed by atoms with E-state index < -0.39 is 12.3 Å². The van der Waals surface area contributed by atoms with E-state index in [4.69, 9.17) is 4.74 Å². The Bertz CT molecular complexity index is 1290. The molecule has 1 aliphatic rings. The normalized spacial score (nSPS) is 17.1. The number of hydrogen-bond donors (Lipinski definition) is 3. The smallest absolute Gasteiger partial charge is 0.419 e. The second-order valence-corrected chi connectivity index (χ2v) is 7.96. The van der Waals surface area contributed by atoms with Crippen molar-refractivity contribution in [1.82, 2.24) is 9.97 Å². The molecule has 5 nitrogen and oxygen atoms in total. The lowest BCUT2D eigenvalue weighted by Gasteiger charge is -2.11. The molecule has 1 aliphatic heterocycles. The van der Waals surface area contributed by atoms with Crippen LogP contribution in [0.15, 0.2) is 23.2 Å². The zero-order chi connectivity index (χ0) is 20.9. The third kappa shape index (κ3) is 3.63. The van der Waals surface area contributed by atoms with Crippen molar-refractivity contribution < 1.29 is 23.0 Å². The van der Waals surface area contributed by atoms with Gasteiger partial charge >= 0.3 is 6.18 Å². The molecule has 152 valence electrons. The number of ether oxygens (including phenoxy) is 1. The topological polar surface area (TPSA) is 73.4 Å². The lowest BCUT2D eigenvalue weighted by Crippen LogP contribution is -2.19. The van der Waals surface area contributed by atoms with Crippen molar-refractivity contribution in [2.45, 2.75) is 26.1 Å². The van der Waals surface area contributed by atoms with E-state index in [1.165, 1.54) is 6.07 Å². The maximum absolute atomic E-state index is 12.7. The molecule has 0 amide bonds. The van der Waals surface area contributed by atoms with Crippen molar-refractivity contribution in [2.75, 3.05) is 7.11 Å². The van der Waals surface area contributed by atoms with Gasteiger partial charge in [-0.25, -0.2) is 4.99 Å². The predicted octanol–water partition coefficient (Wildman–Crippen LogP) is 1.68. The number of aromatic nitrogens is 2. The highest BCUT2D eigenvalue weighted by Crippen LogP contribution is 2.33. The molecule has 9 heteroatoms. The SMILES string of the molecule is COc1c/c(=C2\C=c3sc(C(O)C(F)(F)F)cc3=N2)[nH]/c1=C\c1[nH]c(C)cc1C. The van der Waals surface area contributed by atoms with E-state index in [0.29, 0.717) is 26.7 Å². The van der Waals surface area contributed by atoms with Crippen molar-refractivity contribution in [3.8, 4) is 5.75 Å². The number of hydrogen-bond acceptors (Lipinski definition) is 4. The van der Waals surface area contributed by atoms with E-state index in [2.05, 4.69) is 15.0 Å². The Morgan fingerprint density at radius 3 is 2.55 bits per heavy atom. The van der Waals surface area contributed by atoms with Crippen LogP contribution in [-0.2, 0) is 0 Å². The summed E-state index contributed by atoms with van der Waals surface area (Å²) in [4.78, 5) is 10.8. The zero-order valence-corrected chi connectivity index (χ0v) is 16.6. The summed E-state index contributed by atoms with van der Waals surface area (Å²) in [5, 5.41) is 11.3. The first-order chi connectivity index (χ1) is 13.7. The molecule has 0 aliphatic carbocycles. The lowest BCUT2D eigenvalue weighted by molar-refractivity contribution is -0.205.